The van der Waals surface area contributed by atoms with Crippen molar-refractivity contribution in [1.29, 1.82) is 0 Å². The van der Waals surface area contributed by atoms with Crippen LogP contribution < -0.4 is 0 Å². The van der Waals surface area contributed by atoms with Crippen molar-refractivity contribution in [3.05, 3.63) is 63.3 Å². The maximum Gasteiger partial charge on any atom is 0.270 e. The van der Waals surface area contributed by atoms with Crippen LogP contribution in [0.15, 0.2) is 51.8 Å². The Bertz CT molecular complexity index is 860. The number of nitrogens with zero attached hydrogens (tertiary/aromatic N) is 5. The Morgan fingerprint density at radius 1 is 1.38 bits per heavy atom. The third-order valence-corrected chi connectivity index (χ3v) is 3.72. The average molecular weight is 392 g/mol. The summed E-state index contributed by atoms with van der Waals surface area (Å²) in [5.41, 5.74) is 0.630. The Morgan fingerprint density at radius 3 is 2.92 bits per heavy atom. The van der Waals surface area contributed by atoms with Crippen molar-refractivity contribution in [3.8, 4) is 11.4 Å². The standard InChI is InChI=1S/C15H14BrN5O3/c1-19(8-13-5-6-14(16)24-13)10-20-9-17-15(18-20)11-3-2-4-12(7-11)21(22)23/h2-7,9H,8,10H2,1H3. The minimum Gasteiger partial charge on any atom is -0.453 e. The van der Waals surface area contributed by atoms with Gasteiger partial charge in [-0.2, -0.15) is 0 Å². The zero-order chi connectivity index (χ0) is 17.1. The van der Waals surface area contributed by atoms with Gasteiger partial charge in [0.2, 0.25) is 0 Å². The summed E-state index contributed by atoms with van der Waals surface area (Å²) in [6.07, 6.45) is 1.60. The molecule has 0 amide bonds. The first-order valence-electron chi connectivity index (χ1n) is 7.08. The Labute approximate surface area is 146 Å². The third-order valence-electron chi connectivity index (χ3n) is 3.29. The van der Waals surface area contributed by atoms with E-state index in [4.69, 9.17) is 4.42 Å². The van der Waals surface area contributed by atoms with E-state index in [1.165, 1.54) is 12.1 Å². The summed E-state index contributed by atoms with van der Waals surface area (Å²) in [6.45, 7) is 1.14. The number of benzene rings is 1. The molecule has 8 nitrogen and oxygen atoms in total. The van der Waals surface area contributed by atoms with E-state index in [0.29, 0.717) is 29.3 Å². The van der Waals surface area contributed by atoms with Gasteiger partial charge in [0.25, 0.3) is 5.69 Å². The highest BCUT2D eigenvalue weighted by Crippen LogP contribution is 2.20. The summed E-state index contributed by atoms with van der Waals surface area (Å²) < 4.78 is 7.83. The van der Waals surface area contributed by atoms with Crippen LogP contribution in [0, 0.1) is 10.1 Å². The predicted molar refractivity (Wildman–Crippen MR) is 90.0 cm³/mol. The molecular formula is C15H14BrN5O3. The molecular weight excluding hydrogens is 378 g/mol. The first-order chi connectivity index (χ1) is 11.5. The second-order valence-corrected chi connectivity index (χ2v) is 6.06. The molecule has 24 heavy (non-hydrogen) atoms. The fourth-order valence-corrected chi connectivity index (χ4v) is 2.59. The third kappa shape index (κ3) is 3.87. The second kappa shape index (κ2) is 6.93. The maximum absolute atomic E-state index is 10.9. The van der Waals surface area contributed by atoms with Crippen molar-refractivity contribution in [2.75, 3.05) is 7.05 Å². The predicted octanol–water partition coefficient (Wildman–Crippen LogP) is 3.30. The molecule has 3 rings (SSSR count). The quantitative estimate of drug-likeness (QED) is 0.472. The van der Waals surface area contributed by atoms with E-state index in [-0.39, 0.29) is 5.69 Å². The van der Waals surface area contributed by atoms with E-state index in [1.807, 2.05) is 24.1 Å². The molecule has 3 aromatic rings. The van der Waals surface area contributed by atoms with E-state index < -0.39 is 4.92 Å². The molecule has 0 spiro atoms. The zero-order valence-corrected chi connectivity index (χ0v) is 14.4. The molecule has 0 atom stereocenters. The number of nitro benzene ring substituents is 1. The van der Waals surface area contributed by atoms with Gasteiger partial charge in [-0.05, 0) is 35.1 Å². The Hall–Kier alpha value is -2.52. The molecule has 124 valence electrons. The molecule has 1 aromatic carbocycles. The largest absolute Gasteiger partial charge is 0.453 e. The summed E-state index contributed by atoms with van der Waals surface area (Å²) in [5.74, 6) is 1.29. The zero-order valence-electron chi connectivity index (χ0n) is 12.8. The average Bonchev–Trinajstić information content (AvgIpc) is 3.16. The molecule has 2 heterocycles. The molecule has 0 bridgehead atoms. The lowest BCUT2D eigenvalue weighted by Crippen LogP contribution is -2.21. The lowest BCUT2D eigenvalue weighted by atomic mass is 10.2. The molecule has 0 saturated heterocycles. The molecule has 0 aliphatic carbocycles. The van der Waals surface area contributed by atoms with Gasteiger partial charge in [-0.3, -0.25) is 15.0 Å². The van der Waals surface area contributed by atoms with Crippen molar-refractivity contribution < 1.29 is 9.34 Å². The van der Waals surface area contributed by atoms with Gasteiger partial charge in [-0.1, -0.05) is 12.1 Å². The monoisotopic (exact) mass is 391 g/mol. The van der Waals surface area contributed by atoms with Crippen molar-refractivity contribution in [3.63, 3.8) is 0 Å². The molecule has 0 N–H and O–H groups in total. The van der Waals surface area contributed by atoms with Crippen molar-refractivity contribution >= 4 is 21.6 Å². The van der Waals surface area contributed by atoms with Gasteiger partial charge >= 0.3 is 0 Å². The van der Waals surface area contributed by atoms with E-state index in [1.54, 1.807) is 23.1 Å². The van der Waals surface area contributed by atoms with Gasteiger partial charge < -0.3 is 4.42 Å². The maximum atomic E-state index is 10.9. The summed E-state index contributed by atoms with van der Waals surface area (Å²) >= 11 is 3.27. The number of rotatable bonds is 6. The molecule has 0 radical (unpaired) electrons. The van der Waals surface area contributed by atoms with Crippen molar-refractivity contribution in [2.24, 2.45) is 0 Å². The van der Waals surface area contributed by atoms with Crippen molar-refractivity contribution in [2.45, 2.75) is 13.2 Å². The highest BCUT2D eigenvalue weighted by Gasteiger charge is 2.11. The molecule has 9 heteroatoms. The lowest BCUT2D eigenvalue weighted by Gasteiger charge is -2.14. The van der Waals surface area contributed by atoms with Crippen LogP contribution in [0.2, 0.25) is 0 Å². The van der Waals surface area contributed by atoms with Gasteiger partial charge in [-0.25, -0.2) is 9.67 Å². The summed E-state index contributed by atoms with van der Waals surface area (Å²) in [4.78, 5) is 16.7. The smallest absolute Gasteiger partial charge is 0.270 e. The van der Waals surface area contributed by atoms with Crippen LogP contribution >= 0.6 is 15.9 Å². The van der Waals surface area contributed by atoms with Crippen molar-refractivity contribution in [1.82, 2.24) is 19.7 Å². The van der Waals surface area contributed by atoms with Crippen LogP contribution in [0.25, 0.3) is 11.4 Å². The van der Waals surface area contributed by atoms with Gasteiger partial charge in [0, 0.05) is 17.7 Å². The fraction of sp³-hybridized carbons (Fsp3) is 0.200. The summed E-state index contributed by atoms with van der Waals surface area (Å²) in [5, 5.41) is 15.2. The van der Waals surface area contributed by atoms with Crippen LogP contribution in [-0.2, 0) is 13.2 Å². The van der Waals surface area contributed by atoms with E-state index in [0.717, 1.165) is 5.76 Å². The van der Waals surface area contributed by atoms with E-state index in [2.05, 4.69) is 26.0 Å². The molecule has 0 fully saturated rings. The van der Waals surface area contributed by atoms with Crippen LogP contribution in [0.4, 0.5) is 5.69 Å². The first kappa shape index (κ1) is 16.3. The SMILES string of the molecule is CN(Cc1ccc(Br)o1)Cn1cnc(-c2cccc([N+](=O)[O-])c2)n1. The number of hydrogen-bond acceptors (Lipinski definition) is 6. The van der Waals surface area contributed by atoms with Crippen LogP contribution in [-0.4, -0.2) is 31.6 Å². The van der Waals surface area contributed by atoms with Crippen LogP contribution in [0.3, 0.4) is 0 Å². The number of hydrogen-bond donors (Lipinski definition) is 0. The van der Waals surface area contributed by atoms with Gasteiger partial charge in [0.05, 0.1) is 18.1 Å². The highest BCUT2D eigenvalue weighted by molar-refractivity contribution is 9.10. The van der Waals surface area contributed by atoms with Gasteiger partial charge in [0.15, 0.2) is 10.5 Å². The Balaban J connectivity index is 1.69. The molecule has 0 aliphatic rings. The molecule has 0 aliphatic heterocycles. The minimum absolute atomic E-state index is 0.0179. The molecule has 0 saturated carbocycles. The van der Waals surface area contributed by atoms with E-state index >= 15 is 0 Å². The summed E-state index contributed by atoms with van der Waals surface area (Å²) in [6, 6.07) is 10.0. The van der Waals surface area contributed by atoms with Gasteiger partial charge in [0.1, 0.15) is 12.1 Å². The van der Waals surface area contributed by atoms with Gasteiger partial charge in [-0.15, -0.1) is 5.10 Å². The topological polar surface area (TPSA) is 90.2 Å². The number of nitro groups is 1. The number of non-ortho nitro benzene ring substituents is 1. The second-order valence-electron chi connectivity index (χ2n) is 5.28. The Kier molecular flexibility index (Phi) is 4.72. The minimum atomic E-state index is -0.435. The number of halogens is 1. The fourth-order valence-electron chi connectivity index (χ4n) is 2.25. The first-order valence-corrected chi connectivity index (χ1v) is 7.87. The van der Waals surface area contributed by atoms with Crippen LogP contribution in [0.1, 0.15) is 5.76 Å². The highest BCUT2D eigenvalue weighted by atomic mass is 79.9. The van der Waals surface area contributed by atoms with Crippen LogP contribution in [0.5, 0.6) is 0 Å². The number of aromatic nitrogens is 3. The van der Waals surface area contributed by atoms with E-state index in [9.17, 15) is 10.1 Å². The normalized spacial score (nSPS) is 11.1. The Morgan fingerprint density at radius 2 is 2.21 bits per heavy atom. The lowest BCUT2D eigenvalue weighted by molar-refractivity contribution is -0.384. The summed E-state index contributed by atoms with van der Waals surface area (Å²) in [7, 11) is 1.94. The molecule has 0 unspecified atom stereocenters. The molecule has 2 aromatic heterocycles. The number of furan rings is 1.